The van der Waals surface area contributed by atoms with Crippen molar-refractivity contribution < 1.29 is 9.90 Å². The first-order valence-corrected chi connectivity index (χ1v) is 7.36. The summed E-state index contributed by atoms with van der Waals surface area (Å²) < 4.78 is 0.471. The molecule has 0 radical (unpaired) electrons. The molecule has 0 atom stereocenters. The summed E-state index contributed by atoms with van der Waals surface area (Å²) in [6.07, 6.45) is -0.913. The van der Waals surface area contributed by atoms with E-state index in [1.54, 1.807) is 6.07 Å². The number of anilines is 1. The zero-order chi connectivity index (χ0) is 14.9. The molecule has 0 spiro atoms. The molecular weight excluding hydrogens is 368 g/mol. The Hall–Kier alpha value is -1.12. The van der Waals surface area contributed by atoms with Gasteiger partial charge in [0.15, 0.2) is 0 Å². The van der Waals surface area contributed by atoms with E-state index in [1.807, 2.05) is 4.90 Å². The van der Waals surface area contributed by atoms with Gasteiger partial charge in [-0.3, -0.25) is 0 Å². The molecule has 20 heavy (non-hydrogen) atoms. The molecule has 0 unspecified atom stereocenters. The lowest BCUT2D eigenvalue weighted by atomic mass is 10.2. The molecule has 0 bridgehead atoms. The van der Waals surface area contributed by atoms with Crippen molar-refractivity contribution in [3.63, 3.8) is 0 Å². The number of amides is 1. The molecule has 0 aromatic carbocycles. The topological polar surface area (TPSA) is 82.7 Å². The van der Waals surface area contributed by atoms with E-state index in [1.165, 1.54) is 4.90 Å². The minimum absolute atomic E-state index is 0.298. The van der Waals surface area contributed by atoms with Gasteiger partial charge in [-0.15, -0.1) is 0 Å². The first-order valence-electron chi connectivity index (χ1n) is 5.79. The summed E-state index contributed by atoms with van der Waals surface area (Å²) in [6.45, 7) is 1.87. The number of thiocarbonyl (C=S) groups is 1. The highest BCUT2D eigenvalue weighted by Gasteiger charge is 2.24. The van der Waals surface area contributed by atoms with Crippen LogP contribution in [0.5, 0.6) is 0 Å². The minimum Gasteiger partial charge on any atom is -0.465 e. The molecule has 2 rings (SSSR count). The Bertz CT molecular complexity index is 564. The second kappa shape index (κ2) is 6.11. The van der Waals surface area contributed by atoms with Crippen molar-refractivity contribution in [1.82, 2.24) is 14.8 Å². The molecule has 3 N–H and O–H groups in total. The van der Waals surface area contributed by atoms with Gasteiger partial charge in [0.25, 0.3) is 0 Å². The van der Waals surface area contributed by atoms with Crippen LogP contribution in [0.1, 0.15) is 5.56 Å². The largest absolute Gasteiger partial charge is 0.465 e. The fraction of sp³-hybridized carbons (Fsp3) is 0.364. The minimum atomic E-state index is -0.913. The van der Waals surface area contributed by atoms with E-state index in [-0.39, 0.29) is 0 Å². The maximum atomic E-state index is 10.9. The predicted octanol–water partition coefficient (Wildman–Crippen LogP) is 2.05. The van der Waals surface area contributed by atoms with E-state index < -0.39 is 6.09 Å². The number of carbonyl (C=O) groups is 1. The molecule has 6 nitrogen and oxygen atoms in total. The van der Waals surface area contributed by atoms with Crippen molar-refractivity contribution >= 4 is 56.6 Å². The molecule has 1 aromatic rings. The fourth-order valence-electron chi connectivity index (χ4n) is 1.92. The lowest BCUT2D eigenvalue weighted by Gasteiger charge is -2.34. The van der Waals surface area contributed by atoms with Gasteiger partial charge in [0.2, 0.25) is 0 Å². The van der Waals surface area contributed by atoms with Crippen LogP contribution in [0, 0.1) is 0 Å². The first-order chi connectivity index (χ1) is 9.40. The zero-order valence-corrected chi connectivity index (χ0v) is 13.5. The summed E-state index contributed by atoms with van der Waals surface area (Å²) in [5.74, 6) is 0.298. The summed E-state index contributed by atoms with van der Waals surface area (Å²) in [5, 5.41) is 9.34. The van der Waals surface area contributed by atoms with Gasteiger partial charge in [0.1, 0.15) is 15.4 Å². The number of nitrogens with two attached hydrogens (primary N) is 1. The average Bonchev–Trinajstić information content (AvgIpc) is 2.42. The molecule has 0 aliphatic carbocycles. The van der Waals surface area contributed by atoms with E-state index in [9.17, 15) is 4.79 Å². The molecule has 1 saturated heterocycles. The molecule has 1 aliphatic rings. The monoisotopic (exact) mass is 378 g/mol. The van der Waals surface area contributed by atoms with Gasteiger partial charge in [0.05, 0.1) is 10.6 Å². The second-order valence-corrected chi connectivity index (χ2v) is 5.80. The number of hydrogen-bond acceptors (Lipinski definition) is 4. The summed E-state index contributed by atoms with van der Waals surface area (Å²) in [6, 6.07) is 1.67. The SMILES string of the molecule is Nc1nc(Br)c(Cl)cc1C(=S)N1CCN(C(=O)O)CC1. The predicted molar refractivity (Wildman–Crippen MR) is 84.2 cm³/mol. The molecule has 1 aliphatic heterocycles. The zero-order valence-electron chi connectivity index (χ0n) is 10.3. The van der Waals surface area contributed by atoms with Crippen LogP contribution in [-0.4, -0.2) is 57.2 Å². The van der Waals surface area contributed by atoms with E-state index in [0.717, 1.165) is 0 Å². The maximum absolute atomic E-state index is 10.9. The summed E-state index contributed by atoms with van der Waals surface area (Å²) >= 11 is 14.6. The van der Waals surface area contributed by atoms with Crippen LogP contribution in [0.3, 0.4) is 0 Å². The quantitative estimate of drug-likeness (QED) is 0.574. The Morgan fingerprint density at radius 1 is 1.40 bits per heavy atom. The van der Waals surface area contributed by atoms with Crippen molar-refractivity contribution in [3.05, 3.63) is 21.3 Å². The van der Waals surface area contributed by atoms with Gasteiger partial charge in [-0.05, 0) is 22.0 Å². The average molecular weight is 380 g/mol. The Morgan fingerprint density at radius 3 is 2.50 bits per heavy atom. The van der Waals surface area contributed by atoms with Gasteiger partial charge < -0.3 is 20.6 Å². The fourth-order valence-corrected chi connectivity index (χ4v) is 2.72. The van der Waals surface area contributed by atoms with Crippen LogP contribution >= 0.6 is 39.7 Å². The highest BCUT2D eigenvalue weighted by atomic mass is 79.9. The number of aromatic nitrogens is 1. The first kappa shape index (κ1) is 15.3. The van der Waals surface area contributed by atoms with Crippen LogP contribution < -0.4 is 5.73 Å². The van der Waals surface area contributed by atoms with Gasteiger partial charge >= 0.3 is 6.09 Å². The highest BCUT2D eigenvalue weighted by Crippen LogP contribution is 2.26. The summed E-state index contributed by atoms with van der Waals surface area (Å²) in [7, 11) is 0. The molecular formula is C11H12BrClN4O2S. The highest BCUT2D eigenvalue weighted by molar-refractivity contribution is 9.10. The number of nitrogens with zero attached hydrogens (tertiary/aromatic N) is 3. The van der Waals surface area contributed by atoms with Crippen LogP contribution in [0.4, 0.5) is 10.6 Å². The molecule has 9 heteroatoms. The standard InChI is InChI=1S/C11H12BrClN4O2S/c12-8-7(13)5-6(9(14)15-8)10(20)16-1-3-17(4-2-16)11(18)19/h5H,1-4H2,(H2,14,15)(H,18,19). The molecule has 2 heterocycles. The lowest BCUT2D eigenvalue weighted by Crippen LogP contribution is -2.50. The van der Waals surface area contributed by atoms with E-state index >= 15 is 0 Å². The van der Waals surface area contributed by atoms with E-state index in [0.29, 0.717) is 52.2 Å². The maximum Gasteiger partial charge on any atom is 0.407 e. The van der Waals surface area contributed by atoms with Crippen molar-refractivity contribution in [2.75, 3.05) is 31.9 Å². The Kier molecular flexibility index (Phi) is 4.66. The van der Waals surface area contributed by atoms with Crippen molar-refractivity contribution in [1.29, 1.82) is 0 Å². The van der Waals surface area contributed by atoms with E-state index in [2.05, 4.69) is 20.9 Å². The number of carboxylic acid groups (broad SMARTS) is 1. The van der Waals surface area contributed by atoms with Crippen molar-refractivity contribution in [2.24, 2.45) is 0 Å². The van der Waals surface area contributed by atoms with Gasteiger partial charge in [-0.25, -0.2) is 9.78 Å². The van der Waals surface area contributed by atoms with Gasteiger partial charge in [0, 0.05) is 26.2 Å². The second-order valence-electron chi connectivity index (χ2n) is 4.26. The third kappa shape index (κ3) is 3.13. The number of halogens is 2. The molecule has 1 aromatic heterocycles. The van der Waals surface area contributed by atoms with Crippen LogP contribution in [-0.2, 0) is 0 Å². The van der Waals surface area contributed by atoms with E-state index in [4.69, 9.17) is 34.7 Å². The molecule has 1 fully saturated rings. The third-order valence-electron chi connectivity index (χ3n) is 3.03. The normalized spacial score (nSPS) is 15.3. The van der Waals surface area contributed by atoms with Crippen LogP contribution in [0.25, 0.3) is 0 Å². The Morgan fingerprint density at radius 2 is 1.95 bits per heavy atom. The Balaban J connectivity index is 2.13. The number of pyridine rings is 1. The number of piperazine rings is 1. The lowest BCUT2D eigenvalue weighted by molar-refractivity contribution is 0.125. The van der Waals surface area contributed by atoms with Crippen LogP contribution in [0.15, 0.2) is 10.7 Å². The Labute approximate surface area is 134 Å². The summed E-state index contributed by atoms with van der Waals surface area (Å²) in [4.78, 5) is 18.7. The smallest absolute Gasteiger partial charge is 0.407 e. The van der Waals surface area contributed by atoms with Crippen LogP contribution in [0.2, 0.25) is 5.02 Å². The van der Waals surface area contributed by atoms with Gasteiger partial charge in [-0.2, -0.15) is 0 Å². The number of rotatable bonds is 1. The summed E-state index contributed by atoms with van der Waals surface area (Å²) in [5.41, 5.74) is 6.45. The molecule has 1 amide bonds. The molecule has 0 saturated carbocycles. The molecule has 108 valence electrons. The number of nitrogen functional groups attached to an aromatic ring is 1. The van der Waals surface area contributed by atoms with Crippen molar-refractivity contribution in [3.8, 4) is 0 Å². The number of hydrogen-bond donors (Lipinski definition) is 2. The third-order valence-corrected chi connectivity index (χ3v) is 4.63. The van der Waals surface area contributed by atoms with Gasteiger partial charge in [-0.1, -0.05) is 23.8 Å². The van der Waals surface area contributed by atoms with Crippen molar-refractivity contribution in [2.45, 2.75) is 0 Å².